The van der Waals surface area contributed by atoms with Gasteiger partial charge in [-0.15, -0.1) is 0 Å². The first-order valence-corrected chi connectivity index (χ1v) is 15.2. The molecule has 6 atom stereocenters. The fourth-order valence-corrected chi connectivity index (χ4v) is 5.57. The molecule has 0 radical (unpaired) electrons. The molecule has 0 heterocycles. The van der Waals surface area contributed by atoms with Crippen molar-refractivity contribution in [1.82, 2.24) is 31.1 Å². The number of amides is 6. The molecule has 0 bridgehead atoms. The van der Waals surface area contributed by atoms with E-state index in [1.54, 1.807) is 69.7 Å². The van der Waals surface area contributed by atoms with Crippen LogP contribution in [0.4, 0.5) is 9.59 Å². The maximum absolute atomic E-state index is 13.1. The van der Waals surface area contributed by atoms with Crippen LogP contribution in [0.1, 0.15) is 80.1 Å². The van der Waals surface area contributed by atoms with Gasteiger partial charge < -0.3 is 40.5 Å². The van der Waals surface area contributed by atoms with Crippen LogP contribution in [0.2, 0.25) is 0 Å². The minimum atomic E-state index is -0.911. The molecule has 0 spiro atoms. The van der Waals surface area contributed by atoms with E-state index in [1.165, 1.54) is 9.80 Å². The van der Waals surface area contributed by atoms with Crippen molar-refractivity contribution in [3.63, 3.8) is 0 Å². The predicted octanol–water partition coefficient (Wildman–Crippen LogP) is 1.52. The number of hydrogen-bond acceptors (Lipinski definition) is 8. The van der Waals surface area contributed by atoms with Crippen LogP contribution in [0, 0.1) is 11.8 Å². The van der Waals surface area contributed by atoms with Crippen molar-refractivity contribution >= 4 is 35.8 Å². The molecule has 0 aromatic heterocycles. The fourth-order valence-electron chi connectivity index (χ4n) is 5.57. The fraction of sp³-hybridized carbons (Fsp3) is 0.800. The van der Waals surface area contributed by atoms with Crippen molar-refractivity contribution in [2.75, 3.05) is 28.2 Å². The number of rotatable bonds is 6. The van der Waals surface area contributed by atoms with Gasteiger partial charge in [-0.25, -0.2) is 9.59 Å². The second kappa shape index (κ2) is 14.9. The zero-order valence-corrected chi connectivity index (χ0v) is 27.9. The zero-order valence-electron chi connectivity index (χ0n) is 27.9. The van der Waals surface area contributed by atoms with Crippen LogP contribution in [0.5, 0.6) is 0 Å². The first-order chi connectivity index (χ1) is 20.2. The SMILES string of the molecule is CN(C)C(=O)[C@H]1CC[C@H](NC(=O)C(=O)N[C@H]2CC[C@H](C(=O)N(C)C)C[C@H]2NC(=O)OC(C)(C)C)[C@H](NC(=O)OC(C)(C)C)C1. The third-order valence-electron chi connectivity index (χ3n) is 7.52. The van der Waals surface area contributed by atoms with Crippen LogP contribution >= 0.6 is 0 Å². The van der Waals surface area contributed by atoms with E-state index in [9.17, 15) is 28.8 Å². The van der Waals surface area contributed by atoms with E-state index in [4.69, 9.17) is 9.47 Å². The van der Waals surface area contributed by atoms with Crippen molar-refractivity contribution in [3.8, 4) is 0 Å². The van der Waals surface area contributed by atoms with Crippen molar-refractivity contribution < 1.29 is 38.2 Å². The quantitative estimate of drug-likeness (QED) is 0.322. The molecule has 0 saturated heterocycles. The Hall–Kier alpha value is -3.58. The molecule has 2 aliphatic carbocycles. The third kappa shape index (κ3) is 11.5. The molecule has 6 amide bonds. The van der Waals surface area contributed by atoms with Crippen LogP contribution in [0.3, 0.4) is 0 Å². The van der Waals surface area contributed by atoms with Crippen LogP contribution in [-0.4, -0.2) is 109 Å². The Bertz CT molecular complexity index is 996. The lowest BCUT2D eigenvalue weighted by Gasteiger charge is -2.38. The Morgan fingerprint density at radius 3 is 1.11 bits per heavy atom. The van der Waals surface area contributed by atoms with E-state index in [2.05, 4.69) is 21.3 Å². The Kier molecular flexibility index (Phi) is 12.4. The molecule has 4 N–H and O–H groups in total. The second-order valence-electron chi connectivity index (χ2n) is 14.2. The summed E-state index contributed by atoms with van der Waals surface area (Å²) in [5.41, 5.74) is -1.51. The number of ether oxygens (including phenoxy) is 2. The van der Waals surface area contributed by atoms with Gasteiger partial charge in [-0.1, -0.05) is 0 Å². The van der Waals surface area contributed by atoms with Crippen molar-refractivity contribution in [2.45, 2.75) is 115 Å². The monoisotopic (exact) mass is 624 g/mol. The molecule has 0 unspecified atom stereocenters. The van der Waals surface area contributed by atoms with Gasteiger partial charge >= 0.3 is 24.0 Å². The van der Waals surface area contributed by atoms with Gasteiger partial charge in [-0.2, -0.15) is 0 Å². The number of carbonyl (C=O) groups excluding carboxylic acids is 6. The average molecular weight is 625 g/mol. The smallest absolute Gasteiger partial charge is 0.407 e. The average Bonchev–Trinajstić information content (AvgIpc) is 2.87. The normalized spacial score (nSPS) is 25.5. The molecular formula is C30H52N6O8. The molecule has 2 rings (SSSR count). The number of hydrogen-bond donors (Lipinski definition) is 4. The van der Waals surface area contributed by atoms with Gasteiger partial charge in [0.1, 0.15) is 11.2 Å². The molecule has 2 fully saturated rings. The minimum absolute atomic E-state index is 0.0876. The predicted molar refractivity (Wildman–Crippen MR) is 162 cm³/mol. The van der Waals surface area contributed by atoms with Gasteiger partial charge in [0.15, 0.2) is 0 Å². The Morgan fingerprint density at radius 1 is 0.523 bits per heavy atom. The highest BCUT2D eigenvalue weighted by molar-refractivity contribution is 6.35. The molecule has 250 valence electrons. The number of alkyl carbamates (subject to hydrolysis) is 2. The molecule has 0 aromatic rings. The van der Waals surface area contributed by atoms with Gasteiger partial charge in [0.05, 0.1) is 12.1 Å². The summed E-state index contributed by atoms with van der Waals surface area (Å²) in [4.78, 5) is 79.8. The second-order valence-corrected chi connectivity index (χ2v) is 14.2. The van der Waals surface area contributed by atoms with Gasteiger partial charge in [-0.05, 0) is 80.1 Å². The lowest BCUT2D eigenvalue weighted by molar-refractivity contribution is -0.141. The van der Waals surface area contributed by atoms with E-state index in [-0.39, 0.29) is 36.5 Å². The number of carbonyl (C=O) groups is 6. The minimum Gasteiger partial charge on any atom is -0.444 e. The first-order valence-electron chi connectivity index (χ1n) is 15.2. The first kappa shape index (κ1) is 36.6. The van der Waals surface area contributed by atoms with E-state index in [1.807, 2.05) is 0 Å². The Morgan fingerprint density at radius 2 is 0.841 bits per heavy atom. The molecule has 14 nitrogen and oxygen atoms in total. The molecule has 2 aliphatic rings. The zero-order chi connectivity index (χ0) is 33.6. The van der Waals surface area contributed by atoms with Crippen LogP contribution in [0.15, 0.2) is 0 Å². The van der Waals surface area contributed by atoms with Gasteiger partial charge in [0, 0.05) is 52.1 Å². The van der Waals surface area contributed by atoms with Gasteiger partial charge in [-0.3, -0.25) is 19.2 Å². The lowest BCUT2D eigenvalue weighted by Crippen LogP contribution is -2.61. The summed E-state index contributed by atoms with van der Waals surface area (Å²) < 4.78 is 10.8. The van der Waals surface area contributed by atoms with E-state index < -0.39 is 59.4 Å². The highest BCUT2D eigenvalue weighted by Crippen LogP contribution is 2.28. The number of nitrogens with zero attached hydrogens (tertiary/aromatic N) is 2. The summed E-state index contributed by atoms with van der Waals surface area (Å²) in [5.74, 6) is -2.74. The van der Waals surface area contributed by atoms with Crippen molar-refractivity contribution in [3.05, 3.63) is 0 Å². The highest BCUT2D eigenvalue weighted by atomic mass is 16.6. The summed E-state index contributed by atoms with van der Waals surface area (Å²) in [7, 11) is 6.63. The summed E-state index contributed by atoms with van der Waals surface area (Å²) in [6.07, 6.45) is 0.759. The Labute approximate surface area is 260 Å². The topological polar surface area (TPSA) is 175 Å². The van der Waals surface area contributed by atoms with Crippen molar-refractivity contribution in [1.29, 1.82) is 0 Å². The third-order valence-corrected chi connectivity index (χ3v) is 7.52. The molecular weight excluding hydrogens is 572 g/mol. The maximum Gasteiger partial charge on any atom is 0.407 e. The van der Waals surface area contributed by atoms with Crippen LogP contribution in [0.25, 0.3) is 0 Å². The molecule has 14 heteroatoms. The lowest BCUT2D eigenvalue weighted by atomic mass is 9.81. The summed E-state index contributed by atoms with van der Waals surface area (Å²) >= 11 is 0. The number of nitrogens with one attached hydrogen (secondary N) is 4. The van der Waals surface area contributed by atoms with Crippen LogP contribution in [-0.2, 0) is 28.7 Å². The maximum atomic E-state index is 13.1. The molecule has 0 aromatic carbocycles. The van der Waals surface area contributed by atoms with Crippen molar-refractivity contribution in [2.24, 2.45) is 11.8 Å². The summed E-state index contributed by atoms with van der Waals surface area (Å²) in [6.45, 7) is 10.4. The van der Waals surface area contributed by atoms with Gasteiger partial charge in [0.2, 0.25) is 11.8 Å². The van der Waals surface area contributed by atoms with Crippen LogP contribution < -0.4 is 21.3 Å². The van der Waals surface area contributed by atoms with E-state index in [0.29, 0.717) is 25.7 Å². The van der Waals surface area contributed by atoms with Gasteiger partial charge in [0.25, 0.3) is 0 Å². The van der Waals surface area contributed by atoms with E-state index >= 15 is 0 Å². The standard InChI is InChI=1S/C30H52N6O8/c1-29(2,3)43-27(41)33-21-15-17(25(39)35(7)8)11-13-19(21)31-23(37)24(38)32-20-14-12-18(26(40)36(9)10)16-22(20)34-28(42)44-30(4,5)6/h17-22H,11-16H2,1-10H3,(H,31,37)(H,32,38)(H,33,41)(H,34,42)/t17-,18-,19-,20-,21+,22+/m0/s1. The summed E-state index contributed by atoms with van der Waals surface area (Å²) in [6, 6.07) is -2.57. The molecule has 0 aliphatic heterocycles. The highest BCUT2D eigenvalue weighted by Gasteiger charge is 2.40. The van der Waals surface area contributed by atoms with E-state index in [0.717, 1.165) is 0 Å². The molecule has 44 heavy (non-hydrogen) atoms. The summed E-state index contributed by atoms with van der Waals surface area (Å²) in [5, 5.41) is 11.0. The molecule has 2 saturated carbocycles. The largest absolute Gasteiger partial charge is 0.444 e. The Balaban J connectivity index is 2.15.